The first-order chi connectivity index (χ1) is 8.67. The van der Waals surface area contributed by atoms with Crippen LogP contribution in [0.1, 0.15) is 36.2 Å². The number of hydrogen-bond donors (Lipinski definition) is 1. The van der Waals surface area contributed by atoms with Gasteiger partial charge >= 0.3 is 5.97 Å². The first-order valence-corrected chi connectivity index (χ1v) is 6.26. The maximum Gasteiger partial charge on any atom is 0.338 e. The molecule has 1 atom stereocenters. The second-order valence-electron chi connectivity index (χ2n) is 4.10. The predicted molar refractivity (Wildman–Crippen MR) is 70.3 cm³/mol. The van der Waals surface area contributed by atoms with E-state index in [-0.39, 0.29) is 12.0 Å². The van der Waals surface area contributed by atoms with Gasteiger partial charge in [0.25, 0.3) is 0 Å². The van der Waals surface area contributed by atoms with Crippen molar-refractivity contribution in [1.82, 2.24) is 0 Å². The monoisotopic (exact) mass is 251 g/mol. The highest BCUT2D eigenvalue weighted by molar-refractivity contribution is 5.89. The first kappa shape index (κ1) is 14.7. The van der Waals surface area contributed by atoms with Crippen molar-refractivity contribution in [2.75, 3.05) is 13.2 Å². The first-order valence-electron chi connectivity index (χ1n) is 6.26. The van der Waals surface area contributed by atoms with E-state index >= 15 is 0 Å². The lowest BCUT2D eigenvalue weighted by molar-refractivity contribution is 0.0525. The Labute approximate surface area is 108 Å². The van der Waals surface area contributed by atoms with Gasteiger partial charge in [-0.2, -0.15) is 0 Å². The molecule has 0 radical (unpaired) electrons. The molecule has 0 aliphatic rings. The van der Waals surface area contributed by atoms with Crippen molar-refractivity contribution in [2.24, 2.45) is 5.73 Å². The molecule has 0 aromatic heterocycles. The Hall–Kier alpha value is -1.39. The van der Waals surface area contributed by atoms with Gasteiger partial charge in [0.1, 0.15) is 0 Å². The number of ether oxygens (including phenoxy) is 2. The Morgan fingerprint density at radius 2 is 2.17 bits per heavy atom. The van der Waals surface area contributed by atoms with Crippen LogP contribution >= 0.6 is 0 Å². The highest BCUT2D eigenvalue weighted by Crippen LogP contribution is 2.08. The van der Waals surface area contributed by atoms with Crippen molar-refractivity contribution in [1.29, 1.82) is 0 Å². The second-order valence-corrected chi connectivity index (χ2v) is 4.10. The molecule has 0 heterocycles. The molecule has 1 unspecified atom stereocenters. The van der Waals surface area contributed by atoms with Crippen molar-refractivity contribution in [2.45, 2.75) is 32.9 Å². The summed E-state index contributed by atoms with van der Waals surface area (Å²) < 4.78 is 10.4. The standard InChI is InChI=1S/C14H21NO3/c1-3-13(15)10-17-9-11-6-5-7-12(8-11)14(16)18-4-2/h5-8,13H,3-4,9-10,15H2,1-2H3. The van der Waals surface area contributed by atoms with Crippen LogP contribution in [0.2, 0.25) is 0 Å². The maximum absolute atomic E-state index is 11.5. The number of nitrogens with two attached hydrogens (primary N) is 1. The minimum absolute atomic E-state index is 0.0678. The fourth-order valence-corrected chi connectivity index (χ4v) is 1.45. The molecule has 18 heavy (non-hydrogen) atoms. The molecule has 0 aliphatic carbocycles. The summed E-state index contributed by atoms with van der Waals surface area (Å²) in [5, 5.41) is 0. The Morgan fingerprint density at radius 3 is 2.83 bits per heavy atom. The van der Waals surface area contributed by atoms with Crippen molar-refractivity contribution >= 4 is 5.97 Å². The molecule has 100 valence electrons. The van der Waals surface area contributed by atoms with Gasteiger partial charge in [0, 0.05) is 6.04 Å². The summed E-state index contributed by atoms with van der Waals surface area (Å²) in [4.78, 5) is 11.5. The summed E-state index contributed by atoms with van der Waals surface area (Å²) in [6.07, 6.45) is 0.892. The molecule has 0 aliphatic heterocycles. The lowest BCUT2D eigenvalue weighted by Crippen LogP contribution is -2.24. The normalized spacial score (nSPS) is 12.2. The third kappa shape index (κ3) is 4.85. The van der Waals surface area contributed by atoms with Crippen LogP contribution in [0.3, 0.4) is 0 Å². The van der Waals surface area contributed by atoms with E-state index in [4.69, 9.17) is 15.2 Å². The molecule has 1 aromatic rings. The van der Waals surface area contributed by atoms with E-state index in [9.17, 15) is 4.79 Å². The Balaban J connectivity index is 2.51. The van der Waals surface area contributed by atoms with Crippen molar-refractivity contribution in [3.05, 3.63) is 35.4 Å². The summed E-state index contributed by atoms with van der Waals surface area (Å²) in [6, 6.07) is 7.33. The molecule has 0 saturated heterocycles. The van der Waals surface area contributed by atoms with Gasteiger partial charge in [-0.3, -0.25) is 0 Å². The molecule has 0 spiro atoms. The van der Waals surface area contributed by atoms with Crippen LogP contribution < -0.4 is 5.73 Å². The van der Waals surface area contributed by atoms with Gasteiger partial charge < -0.3 is 15.2 Å². The molecule has 0 saturated carbocycles. The topological polar surface area (TPSA) is 61.5 Å². The zero-order valence-electron chi connectivity index (χ0n) is 11.0. The van der Waals surface area contributed by atoms with E-state index < -0.39 is 0 Å². The number of carbonyl (C=O) groups excluding carboxylic acids is 1. The molecular weight excluding hydrogens is 230 g/mol. The molecule has 0 bridgehead atoms. The maximum atomic E-state index is 11.5. The number of hydrogen-bond acceptors (Lipinski definition) is 4. The fraction of sp³-hybridized carbons (Fsp3) is 0.500. The Bertz CT molecular complexity index is 379. The van der Waals surface area contributed by atoms with Crippen LogP contribution in [-0.4, -0.2) is 25.2 Å². The molecule has 0 amide bonds. The lowest BCUT2D eigenvalue weighted by atomic mass is 10.1. The quantitative estimate of drug-likeness (QED) is 0.754. The van der Waals surface area contributed by atoms with Gasteiger partial charge in [-0.15, -0.1) is 0 Å². The molecule has 1 rings (SSSR count). The number of esters is 1. The Kier molecular flexibility index (Phi) is 6.39. The van der Waals surface area contributed by atoms with Crippen LogP contribution in [0.25, 0.3) is 0 Å². The van der Waals surface area contributed by atoms with E-state index in [1.807, 2.05) is 19.1 Å². The second kappa shape index (κ2) is 7.84. The minimum Gasteiger partial charge on any atom is -0.462 e. The number of benzene rings is 1. The van der Waals surface area contributed by atoms with Crippen molar-refractivity contribution in [3.63, 3.8) is 0 Å². The summed E-state index contributed by atoms with van der Waals surface area (Å²) in [7, 11) is 0. The van der Waals surface area contributed by atoms with E-state index in [0.29, 0.717) is 25.4 Å². The van der Waals surface area contributed by atoms with Gasteiger partial charge in [-0.25, -0.2) is 4.79 Å². The third-order valence-electron chi connectivity index (χ3n) is 2.56. The van der Waals surface area contributed by atoms with E-state index in [0.717, 1.165) is 12.0 Å². The average molecular weight is 251 g/mol. The highest BCUT2D eigenvalue weighted by atomic mass is 16.5. The van der Waals surface area contributed by atoms with Gasteiger partial charge in [0.2, 0.25) is 0 Å². The van der Waals surface area contributed by atoms with Gasteiger partial charge in [0.05, 0.1) is 25.4 Å². The van der Waals surface area contributed by atoms with Gasteiger partial charge in [-0.1, -0.05) is 19.1 Å². The predicted octanol–water partition coefficient (Wildman–Crippen LogP) is 2.12. The average Bonchev–Trinajstić information content (AvgIpc) is 2.39. The molecular formula is C14H21NO3. The summed E-state index contributed by atoms with van der Waals surface area (Å²) in [6.45, 7) is 5.18. The zero-order valence-corrected chi connectivity index (χ0v) is 11.0. The number of carbonyl (C=O) groups is 1. The van der Waals surface area contributed by atoms with Crippen molar-refractivity contribution < 1.29 is 14.3 Å². The summed E-state index contributed by atoms with van der Waals surface area (Å²) >= 11 is 0. The van der Waals surface area contributed by atoms with Crippen molar-refractivity contribution in [3.8, 4) is 0 Å². The molecule has 0 fully saturated rings. The lowest BCUT2D eigenvalue weighted by Gasteiger charge is -2.10. The van der Waals surface area contributed by atoms with Gasteiger partial charge in [-0.05, 0) is 31.0 Å². The zero-order chi connectivity index (χ0) is 13.4. The number of rotatable bonds is 7. The summed E-state index contributed by atoms with van der Waals surface area (Å²) in [5.41, 5.74) is 7.26. The summed E-state index contributed by atoms with van der Waals surface area (Å²) in [5.74, 6) is -0.301. The SMILES string of the molecule is CCOC(=O)c1cccc(COCC(N)CC)c1. The van der Waals surface area contributed by atoms with E-state index in [2.05, 4.69) is 0 Å². The van der Waals surface area contributed by atoms with Crippen LogP contribution in [0.4, 0.5) is 0 Å². The minimum atomic E-state index is -0.301. The largest absolute Gasteiger partial charge is 0.462 e. The molecule has 2 N–H and O–H groups in total. The van der Waals surface area contributed by atoms with Crippen LogP contribution in [0, 0.1) is 0 Å². The van der Waals surface area contributed by atoms with E-state index in [1.54, 1.807) is 19.1 Å². The molecule has 1 aromatic carbocycles. The molecule has 4 heteroatoms. The highest BCUT2D eigenvalue weighted by Gasteiger charge is 2.07. The molecule has 4 nitrogen and oxygen atoms in total. The van der Waals surface area contributed by atoms with Gasteiger partial charge in [0.15, 0.2) is 0 Å². The van der Waals surface area contributed by atoms with Crippen LogP contribution in [0.15, 0.2) is 24.3 Å². The van der Waals surface area contributed by atoms with Crippen LogP contribution in [0.5, 0.6) is 0 Å². The Morgan fingerprint density at radius 1 is 1.39 bits per heavy atom. The fourth-order valence-electron chi connectivity index (χ4n) is 1.45. The van der Waals surface area contributed by atoms with E-state index in [1.165, 1.54) is 0 Å². The third-order valence-corrected chi connectivity index (χ3v) is 2.56. The van der Waals surface area contributed by atoms with Crippen LogP contribution in [-0.2, 0) is 16.1 Å². The smallest absolute Gasteiger partial charge is 0.338 e.